The van der Waals surface area contributed by atoms with Crippen molar-refractivity contribution >= 4 is 11.7 Å². The molecule has 3 rings (SSSR count). The first-order valence-corrected chi connectivity index (χ1v) is 12.0. The normalized spacial score (nSPS) is 15.2. The maximum atomic E-state index is 13.0. The minimum atomic E-state index is 0.174. The predicted molar refractivity (Wildman–Crippen MR) is 127 cm³/mol. The largest absolute Gasteiger partial charge is 0.353 e. The summed E-state index contributed by atoms with van der Waals surface area (Å²) < 4.78 is 0. The first kappa shape index (κ1) is 23.2. The van der Waals surface area contributed by atoms with Gasteiger partial charge in [-0.25, -0.2) is 9.97 Å². The number of unbranched alkanes of at least 4 members (excludes halogenated alkanes) is 1. The molecule has 0 saturated carbocycles. The topological polar surface area (TPSA) is 49.3 Å². The highest BCUT2D eigenvalue weighted by molar-refractivity contribution is 5.79. The number of hydrogen-bond donors (Lipinski definition) is 0. The number of amides is 1. The van der Waals surface area contributed by atoms with Crippen molar-refractivity contribution in [2.24, 2.45) is 5.92 Å². The molecule has 5 nitrogen and oxygen atoms in total. The number of benzene rings is 1. The fourth-order valence-corrected chi connectivity index (χ4v) is 4.52. The SMILES string of the molecule is CCCCC(CC)C(=O)N1CCN(c2nc(C)nc(CC)c2Cc2ccccc2)CC1. The van der Waals surface area contributed by atoms with Gasteiger partial charge in [-0.2, -0.15) is 0 Å². The summed E-state index contributed by atoms with van der Waals surface area (Å²) in [5, 5.41) is 0. The molecule has 0 spiro atoms. The van der Waals surface area contributed by atoms with Crippen LogP contribution in [-0.2, 0) is 17.6 Å². The molecule has 2 aromatic rings. The van der Waals surface area contributed by atoms with Crippen LogP contribution in [0.5, 0.6) is 0 Å². The molecule has 1 aliphatic heterocycles. The van der Waals surface area contributed by atoms with E-state index >= 15 is 0 Å². The third kappa shape index (κ3) is 5.84. The Bertz CT molecular complexity index is 844. The van der Waals surface area contributed by atoms with E-state index in [2.05, 4.69) is 60.9 Å². The van der Waals surface area contributed by atoms with Crippen LogP contribution in [0.2, 0.25) is 0 Å². The van der Waals surface area contributed by atoms with Crippen LogP contribution in [0.4, 0.5) is 5.82 Å². The van der Waals surface area contributed by atoms with Crippen LogP contribution in [0.15, 0.2) is 30.3 Å². The maximum Gasteiger partial charge on any atom is 0.225 e. The Hall–Kier alpha value is -2.43. The quantitative estimate of drug-likeness (QED) is 0.582. The van der Waals surface area contributed by atoms with Crippen LogP contribution in [0, 0.1) is 12.8 Å². The van der Waals surface area contributed by atoms with Crippen molar-refractivity contribution in [2.45, 2.75) is 66.2 Å². The van der Waals surface area contributed by atoms with Gasteiger partial charge in [0.15, 0.2) is 0 Å². The smallest absolute Gasteiger partial charge is 0.225 e. The molecule has 0 N–H and O–H groups in total. The third-order valence-corrected chi connectivity index (χ3v) is 6.38. The third-order valence-electron chi connectivity index (χ3n) is 6.38. The molecule has 2 heterocycles. The van der Waals surface area contributed by atoms with Crippen molar-refractivity contribution in [3.8, 4) is 0 Å². The molecule has 1 fully saturated rings. The molecule has 1 amide bonds. The molecule has 0 bridgehead atoms. The van der Waals surface area contributed by atoms with Crippen molar-refractivity contribution in [3.63, 3.8) is 0 Å². The van der Waals surface area contributed by atoms with E-state index < -0.39 is 0 Å². The van der Waals surface area contributed by atoms with Crippen LogP contribution >= 0.6 is 0 Å². The Morgan fingerprint density at radius 1 is 1.03 bits per heavy atom. The second-order valence-electron chi connectivity index (χ2n) is 8.60. The summed E-state index contributed by atoms with van der Waals surface area (Å²) in [4.78, 5) is 27.1. The molecule has 31 heavy (non-hydrogen) atoms. The average Bonchev–Trinajstić information content (AvgIpc) is 2.81. The number of nitrogens with zero attached hydrogens (tertiary/aromatic N) is 4. The summed E-state index contributed by atoms with van der Waals surface area (Å²) in [5.74, 6) is 2.40. The number of aromatic nitrogens is 2. The minimum Gasteiger partial charge on any atom is -0.353 e. The molecule has 1 saturated heterocycles. The fourth-order valence-electron chi connectivity index (χ4n) is 4.52. The van der Waals surface area contributed by atoms with Gasteiger partial charge >= 0.3 is 0 Å². The van der Waals surface area contributed by atoms with Gasteiger partial charge in [-0.15, -0.1) is 0 Å². The second kappa shape index (κ2) is 11.3. The van der Waals surface area contributed by atoms with Crippen LogP contribution < -0.4 is 4.90 Å². The molecule has 0 radical (unpaired) electrons. The summed E-state index contributed by atoms with van der Waals surface area (Å²) in [6.45, 7) is 11.7. The van der Waals surface area contributed by atoms with Crippen molar-refractivity contribution in [1.82, 2.24) is 14.9 Å². The van der Waals surface area contributed by atoms with Crippen LogP contribution in [0.25, 0.3) is 0 Å². The number of aryl methyl sites for hydroxylation is 2. The molecular formula is C26H38N4O. The Morgan fingerprint density at radius 2 is 1.74 bits per heavy atom. The number of anilines is 1. The highest BCUT2D eigenvalue weighted by Gasteiger charge is 2.28. The Kier molecular flexibility index (Phi) is 8.44. The standard InChI is InChI=1S/C26H38N4O/c1-5-8-14-22(6-2)26(31)30-17-15-29(16-18-30)25-23(19-21-12-10-9-11-13-21)24(7-3)27-20(4)28-25/h9-13,22H,5-8,14-19H2,1-4H3. The fraction of sp³-hybridized carbons (Fsp3) is 0.577. The highest BCUT2D eigenvalue weighted by Crippen LogP contribution is 2.26. The summed E-state index contributed by atoms with van der Waals surface area (Å²) in [7, 11) is 0. The van der Waals surface area contributed by atoms with Gasteiger partial charge in [0.2, 0.25) is 5.91 Å². The van der Waals surface area contributed by atoms with Gasteiger partial charge in [-0.3, -0.25) is 4.79 Å². The van der Waals surface area contributed by atoms with Gasteiger partial charge in [0.1, 0.15) is 11.6 Å². The zero-order valence-electron chi connectivity index (χ0n) is 19.7. The molecule has 0 aliphatic carbocycles. The number of rotatable bonds is 9. The van der Waals surface area contributed by atoms with E-state index in [1.165, 1.54) is 11.1 Å². The molecule has 1 unspecified atom stereocenters. The van der Waals surface area contributed by atoms with Gasteiger partial charge < -0.3 is 9.80 Å². The number of hydrogen-bond acceptors (Lipinski definition) is 4. The number of piperazine rings is 1. The zero-order valence-corrected chi connectivity index (χ0v) is 19.7. The summed E-state index contributed by atoms with van der Waals surface area (Å²) >= 11 is 0. The van der Waals surface area contributed by atoms with Crippen molar-refractivity contribution < 1.29 is 4.79 Å². The second-order valence-corrected chi connectivity index (χ2v) is 8.60. The van der Waals surface area contributed by atoms with Crippen molar-refractivity contribution in [3.05, 3.63) is 53.0 Å². The number of carbonyl (C=O) groups excluding carboxylic acids is 1. The lowest BCUT2D eigenvalue weighted by Gasteiger charge is -2.38. The average molecular weight is 423 g/mol. The lowest BCUT2D eigenvalue weighted by Crippen LogP contribution is -2.51. The zero-order chi connectivity index (χ0) is 22.2. The molecule has 1 aromatic carbocycles. The Morgan fingerprint density at radius 3 is 2.35 bits per heavy atom. The van der Waals surface area contributed by atoms with Gasteiger partial charge in [0.25, 0.3) is 0 Å². The van der Waals surface area contributed by atoms with Gasteiger partial charge in [-0.1, -0.05) is 63.9 Å². The summed E-state index contributed by atoms with van der Waals surface area (Å²) in [6.07, 6.45) is 5.96. The Balaban J connectivity index is 1.76. The highest BCUT2D eigenvalue weighted by atomic mass is 16.2. The minimum absolute atomic E-state index is 0.174. The monoisotopic (exact) mass is 422 g/mol. The maximum absolute atomic E-state index is 13.0. The van der Waals surface area contributed by atoms with Gasteiger partial charge in [-0.05, 0) is 31.7 Å². The predicted octanol–water partition coefficient (Wildman–Crippen LogP) is 4.80. The summed E-state index contributed by atoms with van der Waals surface area (Å²) in [5.41, 5.74) is 3.64. The first-order chi connectivity index (χ1) is 15.1. The number of carbonyl (C=O) groups is 1. The molecule has 168 valence electrons. The van der Waals surface area contributed by atoms with Crippen molar-refractivity contribution in [1.29, 1.82) is 0 Å². The van der Waals surface area contributed by atoms with Gasteiger partial charge in [0, 0.05) is 49.8 Å². The molecular weight excluding hydrogens is 384 g/mol. The van der Waals surface area contributed by atoms with Crippen molar-refractivity contribution in [2.75, 3.05) is 31.1 Å². The van der Waals surface area contributed by atoms with Crippen LogP contribution in [-0.4, -0.2) is 47.0 Å². The van der Waals surface area contributed by atoms with E-state index in [1.54, 1.807) is 0 Å². The lowest BCUT2D eigenvalue weighted by molar-refractivity contribution is -0.136. The molecule has 1 atom stereocenters. The van der Waals surface area contributed by atoms with Crippen LogP contribution in [0.1, 0.15) is 69.1 Å². The lowest BCUT2D eigenvalue weighted by atomic mass is 9.97. The molecule has 5 heteroatoms. The Labute approximate surface area is 187 Å². The van der Waals surface area contributed by atoms with E-state index in [1.807, 2.05) is 6.92 Å². The van der Waals surface area contributed by atoms with E-state index in [4.69, 9.17) is 9.97 Å². The summed E-state index contributed by atoms with van der Waals surface area (Å²) in [6, 6.07) is 10.6. The van der Waals surface area contributed by atoms with E-state index in [-0.39, 0.29) is 5.92 Å². The van der Waals surface area contributed by atoms with Gasteiger partial charge in [0.05, 0.1) is 0 Å². The van der Waals surface area contributed by atoms with Crippen LogP contribution in [0.3, 0.4) is 0 Å². The molecule has 1 aromatic heterocycles. The van der Waals surface area contributed by atoms with E-state index in [0.29, 0.717) is 5.91 Å². The molecule has 1 aliphatic rings. The first-order valence-electron chi connectivity index (χ1n) is 12.0. The van der Waals surface area contributed by atoms with E-state index in [0.717, 1.165) is 82.0 Å². The van der Waals surface area contributed by atoms with E-state index in [9.17, 15) is 4.79 Å².